The van der Waals surface area contributed by atoms with E-state index in [9.17, 15) is 4.79 Å². The van der Waals surface area contributed by atoms with E-state index >= 15 is 0 Å². The smallest absolute Gasteiger partial charge is 0.230 e. The molecule has 1 saturated heterocycles. The Balaban J connectivity index is 1.46. The van der Waals surface area contributed by atoms with Gasteiger partial charge in [-0.15, -0.1) is 11.8 Å². The Bertz CT molecular complexity index is 717. The SMILES string of the molecule is O=C(CSCc1ccc(Cl)cc1)NCc1cccnc1N1CCCCC1. The van der Waals surface area contributed by atoms with Crippen molar-refractivity contribution in [2.75, 3.05) is 23.7 Å². The minimum Gasteiger partial charge on any atom is -0.356 e. The Labute approximate surface area is 164 Å². The van der Waals surface area contributed by atoms with Crippen LogP contribution in [0.4, 0.5) is 5.82 Å². The molecule has 0 radical (unpaired) electrons. The van der Waals surface area contributed by atoms with Gasteiger partial charge in [-0.05, 0) is 43.0 Å². The summed E-state index contributed by atoms with van der Waals surface area (Å²) in [6.07, 6.45) is 5.55. The third-order valence-electron chi connectivity index (χ3n) is 4.41. The lowest BCUT2D eigenvalue weighted by Gasteiger charge is -2.29. The van der Waals surface area contributed by atoms with Crippen molar-refractivity contribution in [2.45, 2.75) is 31.6 Å². The van der Waals surface area contributed by atoms with Gasteiger partial charge in [0.2, 0.25) is 5.91 Å². The lowest BCUT2D eigenvalue weighted by atomic mass is 10.1. The molecule has 0 spiro atoms. The summed E-state index contributed by atoms with van der Waals surface area (Å²) in [5.41, 5.74) is 2.26. The van der Waals surface area contributed by atoms with Crippen LogP contribution in [-0.2, 0) is 17.1 Å². The molecular weight excluding hydrogens is 366 g/mol. The first-order chi connectivity index (χ1) is 12.7. The first kappa shape index (κ1) is 19.1. The Morgan fingerprint density at radius 1 is 1.15 bits per heavy atom. The van der Waals surface area contributed by atoms with Crippen LogP contribution in [0.25, 0.3) is 0 Å². The summed E-state index contributed by atoms with van der Waals surface area (Å²) in [5, 5.41) is 3.76. The summed E-state index contributed by atoms with van der Waals surface area (Å²) >= 11 is 7.49. The average Bonchev–Trinajstić information content (AvgIpc) is 2.69. The highest BCUT2D eigenvalue weighted by Gasteiger charge is 2.15. The van der Waals surface area contributed by atoms with E-state index in [1.807, 2.05) is 36.5 Å². The van der Waals surface area contributed by atoms with Crippen LogP contribution in [0.2, 0.25) is 5.02 Å². The van der Waals surface area contributed by atoms with Crippen LogP contribution < -0.4 is 10.2 Å². The van der Waals surface area contributed by atoms with Crippen molar-refractivity contribution in [3.63, 3.8) is 0 Å². The molecule has 0 aliphatic carbocycles. The fraction of sp³-hybridized carbons (Fsp3) is 0.400. The number of nitrogens with one attached hydrogen (secondary N) is 1. The normalized spacial score (nSPS) is 14.3. The minimum absolute atomic E-state index is 0.0532. The fourth-order valence-electron chi connectivity index (χ4n) is 3.05. The molecule has 2 heterocycles. The van der Waals surface area contributed by atoms with Gasteiger partial charge in [-0.2, -0.15) is 0 Å². The number of pyridine rings is 1. The molecule has 2 aromatic rings. The highest BCUT2D eigenvalue weighted by molar-refractivity contribution is 7.99. The van der Waals surface area contributed by atoms with E-state index < -0.39 is 0 Å². The third-order valence-corrected chi connectivity index (χ3v) is 5.67. The Hall–Kier alpha value is -1.72. The summed E-state index contributed by atoms with van der Waals surface area (Å²) in [6.45, 7) is 2.63. The molecular formula is C20H24ClN3OS. The molecule has 1 aliphatic rings. The van der Waals surface area contributed by atoms with Crippen LogP contribution in [0.15, 0.2) is 42.6 Å². The molecule has 1 N–H and O–H groups in total. The van der Waals surface area contributed by atoms with E-state index in [2.05, 4.69) is 21.3 Å². The van der Waals surface area contributed by atoms with Crippen molar-refractivity contribution >= 4 is 35.1 Å². The summed E-state index contributed by atoms with van der Waals surface area (Å²) < 4.78 is 0. The standard InChI is InChI=1S/C20H24ClN3OS/c21-18-8-6-16(7-9-18)14-26-15-19(25)23-13-17-5-4-10-22-20(17)24-11-2-1-3-12-24/h4-10H,1-3,11-15H2,(H,23,25). The first-order valence-corrected chi connectivity index (χ1v) is 10.5. The molecule has 0 atom stereocenters. The number of nitrogens with zero attached hydrogens (tertiary/aromatic N) is 2. The second-order valence-electron chi connectivity index (χ2n) is 6.43. The van der Waals surface area contributed by atoms with E-state index in [-0.39, 0.29) is 5.91 Å². The molecule has 1 amide bonds. The molecule has 1 aromatic carbocycles. The van der Waals surface area contributed by atoms with Gasteiger partial charge in [0, 0.05) is 42.2 Å². The zero-order valence-corrected chi connectivity index (χ0v) is 16.4. The van der Waals surface area contributed by atoms with Crippen molar-refractivity contribution in [1.82, 2.24) is 10.3 Å². The maximum absolute atomic E-state index is 12.2. The average molecular weight is 390 g/mol. The molecule has 0 saturated carbocycles. The molecule has 4 nitrogen and oxygen atoms in total. The second kappa shape index (κ2) is 9.83. The molecule has 1 fully saturated rings. The number of piperidine rings is 1. The van der Waals surface area contributed by atoms with E-state index in [0.29, 0.717) is 12.3 Å². The number of rotatable bonds is 7. The van der Waals surface area contributed by atoms with E-state index in [4.69, 9.17) is 11.6 Å². The Morgan fingerprint density at radius 2 is 1.92 bits per heavy atom. The van der Waals surface area contributed by atoms with Gasteiger partial charge in [-0.25, -0.2) is 4.98 Å². The second-order valence-corrected chi connectivity index (χ2v) is 7.85. The Kier molecular flexibility index (Phi) is 7.21. The number of hydrogen-bond donors (Lipinski definition) is 1. The monoisotopic (exact) mass is 389 g/mol. The number of amides is 1. The van der Waals surface area contributed by atoms with Gasteiger partial charge in [0.15, 0.2) is 0 Å². The lowest BCUT2D eigenvalue weighted by Crippen LogP contribution is -2.32. The van der Waals surface area contributed by atoms with Crippen LogP contribution in [0, 0.1) is 0 Å². The van der Waals surface area contributed by atoms with Gasteiger partial charge in [0.25, 0.3) is 0 Å². The number of thioether (sulfide) groups is 1. The quantitative estimate of drug-likeness (QED) is 0.767. The number of carbonyl (C=O) groups excluding carboxylic acids is 1. The number of anilines is 1. The maximum atomic E-state index is 12.2. The predicted octanol–water partition coefficient (Wildman–Crippen LogP) is 4.27. The molecule has 26 heavy (non-hydrogen) atoms. The van der Waals surface area contributed by atoms with Gasteiger partial charge in [-0.3, -0.25) is 4.79 Å². The van der Waals surface area contributed by atoms with Crippen LogP contribution in [0.1, 0.15) is 30.4 Å². The summed E-state index contributed by atoms with van der Waals surface area (Å²) in [4.78, 5) is 19.0. The van der Waals surface area contributed by atoms with Crippen LogP contribution in [0.3, 0.4) is 0 Å². The molecule has 1 aromatic heterocycles. The number of aromatic nitrogens is 1. The van der Waals surface area contributed by atoms with Crippen LogP contribution in [0.5, 0.6) is 0 Å². The predicted molar refractivity (Wildman–Crippen MR) is 110 cm³/mol. The first-order valence-electron chi connectivity index (χ1n) is 9.00. The summed E-state index contributed by atoms with van der Waals surface area (Å²) in [7, 11) is 0. The number of hydrogen-bond acceptors (Lipinski definition) is 4. The maximum Gasteiger partial charge on any atom is 0.230 e. The van der Waals surface area contributed by atoms with Crippen molar-refractivity contribution in [3.8, 4) is 0 Å². The largest absolute Gasteiger partial charge is 0.356 e. The number of benzene rings is 1. The van der Waals surface area contributed by atoms with Gasteiger partial charge < -0.3 is 10.2 Å². The van der Waals surface area contributed by atoms with Crippen molar-refractivity contribution in [2.24, 2.45) is 0 Å². The topological polar surface area (TPSA) is 45.2 Å². The lowest BCUT2D eigenvalue weighted by molar-refractivity contribution is -0.118. The highest BCUT2D eigenvalue weighted by atomic mass is 35.5. The zero-order valence-electron chi connectivity index (χ0n) is 14.8. The van der Waals surface area contributed by atoms with E-state index in [1.165, 1.54) is 24.8 Å². The van der Waals surface area contributed by atoms with Crippen LogP contribution >= 0.6 is 23.4 Å². The van der Waals surface area contributed by atoms with Crippen molar-refractivity contribution in [3.05, 3.63) is 58.7 Å². The van der Waals surface area contributed by atoms with Crippen molar-refractivity contribution < 1.29 is 4.79 Å². The highest BCUT2D eigenvalue weighted by Crippen LogP contribution is 2.21. The zero-order chi connectivity index (χ0) is 18.2. The Morgan fingerprint density at radius 3 is 2.69 bits per heavy atom. The molecule has 3 rings (SSSR count). The van der Waals surface area contributed by atoms with Gasteiger partial charge in [-0.1, -0.05) is 29.8 Å². The number of carbonyl (C=O) groups is 1. The molecule has 1 aliphatic heterocycles. The summed E-state index contributed by atoms with van der Waals surface area (Å²) in [6, 6.07) is 11.7. The summed E-state index contributed by atoms with van der Waals surface area (Å²) in [5.74, 6) is 2.32. The molecule has 0 unspecified atom stereocenters. The van der Waals surface area contributed by atoms with Crippen molar-refractivity contribution in [1.29, 1.82) is 0 Å². The van der Waals surface area contributed by atoms with Gasteiger partial charge >= 0.3 is 0 Å². The molecule has 0 bridgehead atoms. The fourth-order valence-corrected chi connectivity index (χ4v) is 3.99. The molecule has 6 heteroatoms. The van der Waals surface area contributed by atoms with E-state index in [1.54, 1.807) is 11.8 Å². The van der Waals surface area contributed by atoms with Gasteiger partial charge in [0.05, 0.1) is 5.75 Å². The minimum atomic E-state index is 0.0532. The van der Waals surface area contributed by atoms with Gasteiger partial charge in [0.1, 0.15) is 5.82 Å². The number of halogens is 1. The van der Waals surface area contributed by atoms with Crippen LogP contribution in [-0.4, -0.2) is 29.7 Å². The molecule has 138 valence electrons. The van der Waals surface area contributed by atoms with E-state index in [0.717, 1.165) is 35.2 Å². The third kappa shape index (κ3) is 5.64.